The number of carbonyl (C=O) groups is 2. The van der Waals surface area contributed by atoms with Crippen LogP contribution in [0.25, 0.3) is 11.2 Å². The number of fused-ring (bicyclic) bond motifs is 1. The fraction of sp³-hybridized carbons (Fsp3) is 0.533. The summed E-state index contributed by atoms with van der Waals surface area (Å²) in [6, 6.07) is 0. The highest BCUT2D eigenvalue weighted by atomic mass is 16.5. The molecule has 0 aliphatic carbocycles. The van der Waals surface area contributed by atoms with Gasteiger partial charge in [0.1, 0.15) is 0 Å². The predicted molar refractivity (Wildman–Crippen MR) is 87.7 cm³/mol. The van der Waals surface area contributed by atoms with Crippen molar-refractivity contribution in [2.45, 2.75) is 26.8 Å². The lowest BCUT2D eigenvalue weighted by Crippen LogP contribution is -2.21. The molecule has 0 saturated carbocycles. The number of nitrogens with two attached hydrogens (primary N) is 1. The van der Waals surface area contributed by atoms with E-state index in [1.165, 1.54) is 21.0 Å². The van der Waals surface area contributed by atoms with E-state index in [4.69, 9.17) is 19.9 Å². The van der Waals surface area contributed by atoms with Crippen molar-refractivity contribution < 1.29 is 23.8 Å². The molecular formula is C15H21N5O5. The number of nitrogen functional groups attached to an aromatic ring is 1. The number of ether oxygens (including phenoxy) is 3. The van der Waals surface area contributed by atoms with E-state index in [2.05, 4.69) is 15.0 Å². The van der Waals surface area contributed by atoms with Crippen molar-refractivity contribution in [3.63, 3.8) is 0 Å². The number of carbonyl (C=O) groups excluding carboxylic acids is 2. The maximum absolute atomic E-state index is 11.0. The largest absolute Gasteiger partial charge is 0.479 e. The minimum atomic E-state index is -0.383. The number of aromatic nitrogens is 4. The molecule has 0 fully saturated rings. The molecule has 2 aromatic rings. The van der Waals surface area contributed by atoms with Crippen molar-refractivity contribution >= 4 is 29.1 Å². The second-order valence-electron chi connectivity index (χ2n) is 5.46. The second-order valence-corrected chi connectivity index (χ2v) is 5.46. The molecule has 2 heterocycles. The van der Waals surface area contributed by atoms with Gasteiger partial charge in [0.05, 0.1) is 26.7 Å². The second kappa shape index (κ2) is 8.27. The summed E-state index contributed by atoms with van der Waals surface area (Å²) >= 11 is 0. The zero-order valence-corrected chi connectivity index (χ0v) is 14.4. The molecule has 0 unspecified atom stereocenters. The highest BCUT2D eigenvalue weighted by molar-refractivity contribution is 5.77. The minimum Gasteiger partial charge on any atom is -0.479 e. The average Bonchev–Trinajstić information content (AvgIpc) is 2.95. The molecule has 0 bridgehead atoms. The van der Waals surface area contributed by atoms with Gasteiger partial charge in [0.25, 0.3) is 0 Å². The molecule has 10 heteroatoms. The first-order valence-corrected chi connectivity index (χ1v) is 7.69. The first kappa shape index (κ1) is 18.4. The number of methoxy groups -OCH3 is 1. The Hall–Kier alpha value is -2.91. The highest BCUT2D eigenvalue weighted by Gasteiger charge is 2.16. The van der Waals surface area contributed by atoms with Gasteiger partial charge >= 0.3 is 11.9 Å². The van der Waals surface area contributed by atoms with Gasteiger partial charge in [0.2, 0.25) is 11.8 Å². The summed E-state index contributed by atoms with van der Waals surface area (Å²) in [6.45, 7) is 3.51. The molecule has 2 aromatic heterocycles. The van der Waals surface area contributed by atoms with Gasteiger partial charge in [-0.05, 0) is 6.42 Å². The Morgan fingerprint density at radius 2 is 1.84 bits per heavy atom. The van der Waals surface area contributed by atoms with Crippen molar-refractivity contribution in [1.29, 1.82) is 0 Å². The Labute approximate surface area is 144 Å². The van der Waals surface area contributed by atoms with Crippen molar-refractivity contribution in [2.75, 3.05) is 26.1 Å². The van der Waals surface area contributed by atoms with Crippen LogP contribution in [0.2, 0.25) is 0 Å². The molecule has 0 aromatic carbocycles. The van der Waals surface area contributed by atoms with Crippen LogP contribution in [-0.4, -0.2) is 51.8 Å². The normalized spacial score (nSPS) is 10.9. The minimum absolute atomic E-state index is 0.0856. The van der Waals surface area contributed by atoms with Crippen molar-refractivity contribution in [3.8, 4) is 5.88 Å². The van der Waals surface area contributed by atoms with Crippen molar-refractivity contribution in [3.05, 3.63) is 6.33 Å². The van der Waals surface area contributed by atoms with Crippen LogP contribution in [0.5, 0.6) is 5.88 Å². The smallest absolute Gasteiger partial charge is 0.302 e. The summed E-state index contributed by atoms with van der Waals surface area (Å²) in [5.74, 6) is -0.524. The quantitative estimate of drug-likeness (QED) is 0.677. The molecule has 2 rings (SSSR count). The molecule has 136 valence electrons. The molecule has 25 heavy (non-hydrogen) atoms. The molecule has 0 radical (unpaired) electrons. The third-order valence-electron chi connectivity index (χ3n) is 3.47. The fourth-order valence-electron chi connectivity index (χ4n) is 2.25. The Bertz CT molecular complexity index is 742. The topological polar surface area (TPSA) is 131 Å². The van der Waals surface area contributed by atoms with E-state index in [9.17, 15) is 9.59 Å². The first-order chi connectivity index (χ1) is 11.9. The molecule has 10 nitrogen and oxygen atoms in total. The molecule has 0 atom stereocenters. The van der Waals surface area contributed by atoms with Crippen molar-refractivity contribution in [1.82, 2.24) is 19.5 Å². The summed E-state index contributed by atoms with van der Waals surface area (Å²) in [6.07, 6.45) is 2.19. The number of imidazole rings is 1. The lowest BCUT2D eigenvalue weighted by Gasteiger charge is -2.16. The highest BCUT2D eigenvalue weighted by Crippen LogP contribution is 2.22. The Morgan fingerprint density at radius 3 is 2.40 bits per heavy atom. The van der Waals surface area contributed by atoms with Crippen molar-refractivity contribution in [2.24, 2.45) is 5.92 Å². The number of esters is 2. The zero-order chi connectivity index (χ0) is 18.4. The van der Waals surface area contributed by atoms with Crippen LogP contribution in [0.4, 0.5) is 5.95 Å². The third-order valence-corrected chi connectivity index (χ3v) is 3.47. The average molecular weight is 351 g/mol. The lowest BCUT2D eigenvalue weighted by atomic mass is 10.1. The summed E-state index contributed by atoms with van der Waals surface area (Å²) in [5.41, 5.74) is 6.74. The van der Waals surface area contributed by atoms with E-state index in [1.807, 2.05) is 0 Å². The van der Waals surface area contributed by atoms with Gasteiger partial charge in [-0.15, -0.1) is 0 Å². The van der Waals surface area contributed by atoms with Gasteiger partial charge in [0.15, 0.2) is 11.2 Å². The Kier molecular flexibility index (Phi) is 6.09. The monoisotopic (exact) mass is 351 g/mol. The van der Waals surface area contributed by atoms with Crippen LogP contribution >= 0.6 is 0 Å². The number of hydrogen-bond donors (Lipinski definition) is 1. The van der Waals surface area contributed by atoms with Crippen LogP contribution in [0.1, 0.15) is 20.3 Å². The number of aryl methyl sites for hydroxylation is 1. The van der Waals surface area contributed by atoms with Crippen LogP contribution < -0.4 is 10.5 Å². The summed E-state index contributed by atoms with van der Waals surface area (Å²) in [4.78, 5) is 34.4. The summed E-state index contributed by atoms with van der Waals surface area (Å²) in [5, 5.41) is 0. The van der Waals surface area contributed by atoms with Crippen LogP contribution in [0.3, 0.4) is 0 Å². The van der Waals surface area contributed by atoms with Crippen LogP contribution in [-0.2, 0) is 25.6 Å². The molecule has 0 saturated heterocycles. The lowest BCUT2D eigenvalue weighted by molar-refractivity contribution is -0.146. The van der Waals surface area contributed by atoms with E-state index in [0.29, 0.717) is 30.0 Å². The zero-order valence-electron chi connectivity index (χ0n) is 14.4. The predicted octanol–water partition coefficient (Wildman–Crippen LogP) is 0.550. The summed E-state index contributed by atoms with van der Waals surface area (Å²) in [7, 11) is 1.48. The molecule has 0 spiro atoms. The molecule has 0 aliphatic rings. The Balaban J connectivity index is 2.10. The van der Waals surface area contributed by atoms with Gasteiger partial charge in [-0.3, -0.25) is 9.59 Å². The van der Waals surface area contributed by atoms with E-state index >= 15 is 0 Å². The van der Waals surface area contributed by atoms with E-state index in [1.54, 1.807) is 10.9 Å². The maximum Gasteiger partial charge on any atom is 0.302 e. The SMILES string of the molecule is COc1nc(N)nc2c1ncn2CCC(COC(C)=O)COC(C)=O. The molecule has 2 N–H and O–H groups in total. The number of nitrogens with zero attached hydrogens (tertiary/aromatic N) is 4. The van der Waals surface area contributed by atoms with E-state index < -0.39 is 0 Å². The van der Waals surface area contributed by atoms with Gasteiger partial charge in [0, 0.05) is 26.3 Å². The molecule has 0 amide bonds. The maximum atomic E-state index is 11.0. The van der Waals surface area contributed by atoms with Gasteiger partial charge in [-0.1, -0.05) is 0 Å². The standard InChI is InChI=1S/C15H21N5O5/c1-9(21)24-6-11(7-25-10(2)22)4-5-20-8-17-12-13(20)18-15(16)19-14(12)23-3/h8,11H,4-7H2,1-3H3,(H2,16,18,19). The van der Waals surface area contributed by atoms with Crippen LogP contribution in [0.15, 0.2) is 6.33 Å². The number of hydrogen-bond acceptors (Lipinski definition) is 9. The summed E-state index contributed by atoms with van der Waals surface area (Å²) < 4.78 is 17.0. The van der Waals surface area contributed by atoms with E-state index in [-0.39, 0.29) is 37.0 Å². The van der Waals surface area contributed by atoms with Gasteiger partial charge in [-0.2, -0.15) is 9.97 Å². The van der Waals surface area contributed by atoms with Gasteiger partial charge in [-0.25, -0.2) is 4.98 Å². The van der Waals surface area contributed by atoms with Gasteiger partial charge < -0.3 is 24.5 Å². The molecule has 0 aliphatic heterocycles. The Morgan fingerprint density at radius 1 is 1.20 bits per heavy atom. The van der Waals surface area contributed by atoms with Crippen LogP contribution in [0, 0.1) is 5.92 Å². The number of rotatable bonds is 8. The fourth-order valence-corrected chi connectivity index (χ4v) is 2.25. The number of anilines is 1. The third kappa shape index (κ3) is 5.03. The van der Waals surface area contributed by atoms with E-state index in [0.717, 1.165) is 0 Å². The molecular weight excluding hydrogens is 330 g/mol. The first-order valence-electron chi connectivity index (χ1n) is 7.69.